The third-order valence-electron chi connectivity index (χ3n) is 4.71. The number of rotatable bonds is 10. The van der Waals surface area contributed by atoms with Crippen LogP contribution in [0.3, 0.4) is 0 Å². The van der Waals surface area contributed by atoms with Crippen LogP contribution in [0.25, 0.3) is 0 Å². The summed E-state index contributed by atoms with van der Waals surface area (Å²) in [6.07, 6.45) is 1.36. The van der Waals surface area contributed by atoms with Gasteiger partial charge in [-0.1, -0.05) is 49.7 Å². The highest BCUT2D eigenvalue weighted by Crippen LogP contribution is 2.18. The minimum atomic E-state index is -0.553. The lowest BCUT2D eigenvalue weighted by molar-refractivity contribution is -0.143. The Balaban J connectivity index is 2.19. The molecule has 2 aromatic rings. The molecule has 1 N–H and O–H groups in total. The normalized spacial score (nSPS) is 11.6. The van der Waals surface area contributed by atoms with Crippen LogP contribution >= 0.6 is 11.6 Å². The van der Waals surface area contributed by atoms with Crippen molar-refractivity contribution in [2.24, 2.45) is 0 Å². The van der Waals surface area contributed by atoms with Crippen LogP contribution < -0.4 is 10.1 Å². The van der Waals surface area contributed by atoms with Crippen LogP contribution in [0.4, 0.5) is 0 Å². The molecule has 0 aliphatic carbocycles. The van der Waals surface area contributed by atoms with Gasteiger partial charge in [0.2, 0.25) is 5.91 Å². The van der Waals surface area contributed by atoms with Gasteiger partial charge in [-0.15, -0.1) is 0 Å². The molecule has 1 atom stereocenters. The van der Waals surface area contributed by atoms with Gasteiger partial charge in [0, 0.05) is 18.1 Å². The fraction of sp³-hybridized carbons (Fsp3) is 0.391. The van der Waals surface area contributed by atoms with Crippen LogP contribution in [0.15, 0.2) is 48.5 Å². The van der Waals surface area contributed by atoms with Crippen molar-refractivity contribution in [1.82, 2.24) is 10.2 Å². The van der Waals surface area contributed by atoms with Gasteiger partial charge in [0.05, 0.1) is 0 Å². The van der Waals surface area contributed by atoms with E-state index in [0.29, 0.717) is 30.3 Å². The Labute approximate surface area is 178 Å². The fourth-order valence-electron chi connectivity index (χ4n) is 3.02. The largest absolute Gasteiger partial charge is 0.484 e. The molecule has 0 radical (unpaired) electrons. The maximum absolute atomic E-state index is 13.1. The van der Waals surface area contributed by atoms with E-state index < -0.39 is 6.04 Å². The minimum Gasteiger partial charge on any atom is -0.484 e. The molecule has 2 aromatic carbocycles. The Morgan fingerprint density at radius 1 is 1.10 bits per heavy atom. The van der Waals surface area contributed by atoms with E-state index in [1.807, 2.05) is 45.0 Å². The van der Waals surface area contributed by atoms with Crippen molar-refractivity contribution in [2.75, 3.05) is 13.2 Å². The molecule has 0 bridgehead atoms. The van der Waals surface area contributed by atoms with Crippen LogP contribution in [0, 0.1) is 6.92 Å². The Morgan fingerprint density at radius 2 is 1.79 bits per heavy atom. The summed E-state index contributed by atoms with van der Waals surface area (Å²) in [5.41, 5.74) is 2.09. The number of carbonyl (C=O) groups excluding carboxylic acids is 2. The first-order valence-corrected chi connectivity index (χ1v) is 10.3. The molecule has 0 aliphatic heterocycles. The van der Waals surface area contributed by atoms with Crippen molar-refractivity contribution in [3.05, 3.63) is 64.7 Å². The molecule has 0 aliphatic rings. The molecular formula is C23H29ClN2O3. The maximum atomic E-state index is 13.1. The second-order valence-electron chi connectivity index (χ2n) is 6.91. The van der Waals surface area contributed by atoms with Crippen LogP contribution in [-0.4, -0.2) is 35.9 Å². The molecular weight excluding hydrogens is 388 g/mol. The van der Waals surface area contributed by atoms with Gasteiger partial charge in [-0.3, -0.25) is 9.59 Å². The number of hydrogen-bond acceptors (Lipinski definition) is 3. The number of carbonyl (C=O) groups is 2. The lowest BCUT2D eigenvalue weighted by Gasteiger charge is -2.31. The summed E-state index contributed by atoms with van der Waals surface area (Å²) in [5, 5.41) is 3.51. The third-order valence-corrected chi connectivity index (χ3v) is 4.97. The molecule has 5 nitrogen and oxygen atoms in total. The monoisotopic (exact) mass is 416 g/mol. The number of amides is 2. The summed E-state index contributed by atoms with van der Waals surface area (Å²) in [5.74, 6) is 0.187. The first-order valence-electron chi connectivity index (χ1n) is 9.96. The highest BCUT2D eigenvalue weighted by atomic mass is 35.5. The van der Waals surface area contributed by atoms with Crippen molar-refractivity contribution in [3.8, 4) is 5.75 Å². The van der Waals surface area contributed by atoms with Crippen LogP contribution in [0.2, 0.25) is 5.02 Å². The van der Waals surface area contributed by atoms with E-state index >= 15 is 0 Å². The van der Waals surface area contributed by atoms with Gasteiger partial charge in [-0.05, 0) is 55.2 Å². The van der Waals surface area contributed by atoms with E-state index in [1.165, 1.54) is 0 Å². The lowest BCUT2D eigenvalue weighted by atomic mass is 10.1. The van der Waals surface area contributed by atoms with Crippen molar-refractivity contribution >= 4 is 23.4 Å². The lowest BCUT2D eigenvalue weighted by Crippen LogP contribution is -2.50. The molecule has 0 spiro atoms. The van der Waals surface area contributed by atoms with E-state index in [-0.39, 0.29) is 18.4 Å². The SMILES string of the molecule is CCCNC(=O)C(CC)N(Cc1ccccc1C)C(=O)COc1ccc(Cl)cc1. The molecule has 0 aromatic heterocycles. The predicted octanol–water partition coefficient (Wildman–Crippen LogP) is 4.36. The molecule has 0 saturated carbocycles. The van der Waals surface area contributed by atoms with E-state index in [4.69, 9.17) is 16.3 Å². The summed E-state index contributed by atoms with van der Waals surface area (Å²) in [4.78, 5) is 27.4. The molecule has 6 heteroatoms. The summed E-state index contributed by atoms with van der Waals surface area (Å²) in [7, 11) is 0. The van der Waals surface area contributed by atoms with E-state index in [2.05, 4.69) is 5.32 Å². The summed E-state index contributed by atoms with van der Waals surface area (Å²) in [6, 6.07) is 14.2. The molecule has 0 heterocycles. The Hall–Kier alpha value is -2.53. The number of benzene rings is 2. The molecule has 156 valence electrons. The quantitative estimate of drug-likeness (QED) is 0.626. The van der Waals surface area contributed by atoms with Crippen molar-refractivity contribution in [3.63, 3.8) is 0 Å². The molecule has 2 amide bonds. The van der Waals surface area contributed by atoms with Crippen LogP contribution in [0.5, 0.6) is 5.75 Å². The van der Waals surface area contributed by atoms with E-state index in [0.717, 1.165) is 17.5 Å². The van der Waals surface area contributed by atoms with Gasteiger partial charge < -0.3 is 15.0 Å². The number of halogens is 1. The summed E-state index contributed by atoms with van der Waals surface area (Å²) >= 11 is 5.89. The smallest absolute Gasteiger partial charge is 0.261 e. The van der Waals surface area contributed by atoms with Gasteiger partial charge in [0.1, 0.15) is 11.8 Å². The standard InChI is InChI=1S/C23H29ClN2O3/c1-4-14-25-23(28)21(5-2)26(15-18-9-7-6-8-17(18)3)22(27)16-29-20-12-10-19(24)11-13-20/h6-13,21H,4-5,14-16H2,1-3H3,(H,25,28). The first-order chi connectivity index (χ1) is 14.0. The second kappa shape index (κ2) is 11.5. The zero-order valence-corrected chi connectivity index (χ0v) is 18.0. The van der Waals surface area contributed by atoms with Crippen molar-refractivity contribution in [2.45, 2.75) is 46.2 Å². The molecule has 29 heavy (non-hydrogen) atoms. The average molecular weight is 417 g/mol. The summed E-state index contributed by atoms with van der Waals surface area (Å²) < 4.78 is 5.65. The first kappa shape index (κ1) is 22.8. The predicted molar refractivity (Wildman–Crippen MR) is 116 cm³/mol. The zero-order valence-electron chi connectivity index (χ0n) is 17.3. The second-order valence-corrected chi connectivity index (χ2v) is 7.34. The van der Waals surface area contributed by atoms with E-state index in [9.17, 15) is 9.59 Å². The summed E-state index contributed by atoms with van der Waals surface area (Å²) in [6.45, 7) is 6.70. The van der Waals surface area contributed by atoms with Gasteiger partial charge >= 0.3 is 0 Å². The molecule has 0 fully saturated rings. The third kappa shape index (κ3) is 6.79. The Morgan fingerprint density at radius 3 is 2.41 bits per heavy atom. The van der Waals surface area contributed by atoms with Gasteiger partial charge in [0.25, 0.3) is 5.91 Å². The maximum Gasteiger partial charge on any atom is 0.261 e. The van der Waals surface area contributed by atoms with Gasteiger partial charge in [-0.25, -0.2) is 0 Å². The number of nitrogens with one attached hydrogen (secondary N) is 1. The number of hydrogen-bond donors (Lipinski definition) is 1. The van der Waals surface area contributed by atoms with Crippen molar-refractivity contribution in [1.29, 1.82) is 0 Å². The van der Waals surface area contributed by atoms with Crippen LogP contribution in [-0.2, 0) is 16.1 Å². The number of nitrogens with zero attached hydrogens (tertiary/aromatic N) is 1. The fourth-order valence-corrected chi connectivity index (χ4v) is 3.14. The number of ether oxygens (including phenoxy) is 1. The van der Waals surface area contributed by atoms with Crippen molar-refractivity contribution < 1.29 is 14.3 Å². The highest BCUT2D eigenvalue weighted by Gasteiger charge is 2.29. The zero-order chi connectivity index (χ0) is 21.2. The topological polar surface area (TPSA) is 58.6 Å². The van der Waals surface area contributed by atoms with Gasteiger partial charge in [-0.2, -0.15) is 0 Å². The average Bonchev–Trinajstić information content (AvgIpc) is 2.72. The Kier molecular flexibility index (Phi) is 9.00. The number of aryl methyl sites for hydroxylation is 1. The Bertz CT molecular complexity index is 808. The van der Waals surface area contributed by atoms with Crippen LogP contribution in [0.1, 0.15) is 37.8 Å². The van der Waals surface area contributed by atoms with Gasteiger partial charge in [0.15, 0.2) is 6.61 Å². The molecule has 1 unspecified atom stereocenters. The van der Waals surface area contributed by atoms with E-state index in [1.54, 1.807) is 29.2 Å². The highest BCUT2D eigenvalue weighted by molar-refractivity contribution is 6.30. The minimum absolute atomic E-state index is 0.136. The molecule has 0 saturated heterocycles. The molecule has 2 rings (SSSR count).